The number of aliphatic hydroxyl groups excluding tert-OH is 5. The number of hydrogen-bond acceptors (Lipinski definition) is 13. The van der Waals surface area contributed by atoms with Crippen LogP contribution in [0.5, 0.6) is 0 Å². The first-order valence-corrected chi connectivity index (χ1v) is 21.4. The summed E-state index contributed by atoms with van der Waals surface area (Å²) in [6, 6.07) is 0. The van der Waals surface area contributed by atoms with Crippen LogP contribution in [-0.4, -0.2) is 128 Å². The van der Waals surface area contributed by atoms with Crippen LogP contribution in [0, 0.1) is 45.3 Å². The van der Waals surface area contributed by atoms with E-state index in [0.29, 0.717) is 6.42 Å². The topological polar surface area (TPSA) is 194 Å². The number of fused-ring (bicyclic) bond motifs is 5. The van der Waals surface area contributed by atoms with E-state index >= 15 is 0 Å². The van der Waals surface area contributed by atoms with Gasteiger partial charge in [0.1, 0.15) is 43.2 Å². The Morgan fingerprint density at radius 2 is 1.39 bits per heavy atom. The van der Waals surface area contributed by atoms with Crippen LogP contribution in [0.2, 0.25) is 0 Å². The molecule has 56 heavy (non-hydrogen) atoms. The molecule has 0 spiro atoms. The second kappa shape index (κ2) is 14.6. The summed E-state index contributed by atoms with van der Waals surface area (Å²) in [6.07, 6.45) is -3.42. The summed E-state index contributed by atoms with van der Waals surface area (Å²) in [5.74, 6) is 0.137. The standard InChI is InChI=1S/C43H72O13/c1-21-31(45)33(47)35(49)36(52-21)53-24-19-27-40(7)15-13-28(55-37-34(48)32(46)25(54-37)20-51-22(2)44)38(3,4)26(40)12-17-41(27,8)42(9)16-11-23(30(24)42)43(10)18-14-29(56-43)39(5,6)50/h21,23-37,45-50H,11-20H2,1-10H3/t21-,23-,24-,25+,26+,27+,28-,29-,30-,31-,32-,33-,34-,35-,36+,37+,40-,41+,42-,43+/m1/s1. The zero-order chi connectivity index (χ0) is 41.1. The Bertz CT molecular complexity index is 1450. The van der Waals surface area contributed by atoms with Crippen molar-refractivity contribution in [1.29, 1.82) is 0 Å². The maximum absolute atomic E-state index is 11.4. The van der Waals surface area contributed by atoms with Crippen molar-refractivity contribution in [3.05, 3.63) is 0 Å². The Labute approximate surface area is 333 Å². The van der Waals surface area contributed by atoms with E-state index in [0.717, 1.165) is 51.4 Å². The zero-order valence-corrected chi connectivity index (χ0v) is 35.3. The predicted molar refractivity (Wildman–Crippen MR) is 203 cm³/mol. The summed E-state index contributed by atoms with van der Waals surface area (Å²) >= 11 is 0. The van der Waals surface area contributed by atoms with Gasteiger partial charge in [0.05, 0.1) is 35.6 Å². The van der Waals surface area contributed by atoms with E-state index in [9.17, 15) is 35.4 Å². The van der Waals surface area contributed by atoms with Gasteiger partial charge in [-0.1, -0.05) is 34.6 Å². The average molecular weight is 797 g/mol. The molecule has 7 fully saturated rings. The first-order chi connectivity index (χ1) is 25.9. The fourth-order valence-corrected chi connectivity index (χ4v) is 14.0. The molecule has 0 aromatic rings. The predicted octanol–water partition coefficient (Wildman–Crippen LogP) is 3.60. The summed E-state index contributed by atoms with van der Waals surface area (Å²) in [5.41, 5.74) is -2.16. The Balaban J connectivity index is 1.19. The Hall–Kier alpha value is -0.970. The molecule has 0 aromatic heterocycles. The van der Waals surface area contributed by atoms with Crippen LogP contribution < -0.4 is 0 Å². The van der Waals surface area contributed by atoms with Crippen molar-refractivity contribution in [2.24, 2.45) is 45.3 Å². The van der Waals surface area contributed by atoms with Crippen LogP contribution in [0.3, 0.4) is 0 Å². The third-order valence-electron chi connectivity index (χ3n) is 17.4. The molecular weight excluding hydrogens is 724 g/mol. The van der Waals surface area contributed by atoms with Crippen LogP contribution in [0.15, 0.2) is 0 Å². The molecule has 6 N–H and O–H groups in total. The Morgan fingerprint density at radius 3 is 2.04 bits per heavy atom. The van der Waals surface area contributed by atoms with E-state index in [1.807, 2.05) is 13.8 Å². The summed E-state index contributed by atoms with van der Waals surface area (Å²) in [7, 11) is 0. The van der Waals surface area contributed by atoms with Gasteiger partial charge in [-0.3, -0.25) is 4.79 Å². The Morgan fingerprint density at radius 1 is 0.750 bits per heavy atom. The number of carbonyl (C=O) groups excluding carboxylic acids is 1. The summed E-state index contributed by atoms with van der Waals surface area (Å²) < 4.78 is 37.6. The van der Waals surface area contributed by atoms with Crippen molar-refractivity contribution in [3.8, 4) is 0 Å². The third kappa shape index (κ3) is 6.73. The van der Waals surface area contributed by atoms with Gasteiger partial charge in [0, 0.05) is 6.92 Å². The van der Waals surface area contributed by atoms with E-state index in [1.165, 1.54) is 6.92 Å². The number of esters is 1. The van der Waals surface area contributed by atoms with Crippen LogP contribution in [0.4, 0.5) is 0 Å². The van der Waals surface area contributed by atoms with Gasteiger partial charge in [0.15, 0.2) is 12.6 Å². The highest BCUT2D eigenvalue weighted by Crippen LogP contribution is 2.76. The molecule has 7 aliphatic rings. The normalized spacial score (nSPS) is 54.3. The lowest BCUT2D eigenvalue weighted by molar-refractivity contribution is -0.332. The fraction of sp³-hybridized carbons (Fsp3) is 0.977. The average Bonchev–Trinajstić information content (AvgIpc) is 3.78. The minimum atomic E-state index is -1.42. The van der Waals surface area contributed by atoms with Gasteiger partial charge in [-0.25, -0.2) is 0 Å². The third-order valence-corrected chi connectivity index (χ3v) is 17.4. The molecule has 322 valence electrons. The zero-order valence-electron chi connectivity index (χ0n) is 35.3. The molecular formula is C43H72O13. The molecule has 7 rings (SSSR count). The molecule has 4 aliphatic carbocycles. The molecule has 3 aliphatic heterocycles. The maximum atomic E-state index is 11.4. The molecule has 20 atom stereocenters. The van der Waals surface area contributed by atoms with E-state index in [1.54, 1.807) is 6.92 Å². The van der Waals surface area contributed by atoms with Crippen LogP contribution in [0.1, 0.15) is 127 Å². The van der Waals surface area contributed by atoms with Crippen molar-refractivity contribution in [1.82, 2.24) is 0 Å². The van der Waals surface area contributed by atoms with Crippen molar-refractivity contribution >= 4 is 5.97 Å². The van der Waals surface area contributed by atoms with Crippen molar-refractivity contribution in [2.75, 3.05) is 6.61 Å². The summed E-state index contributed by atoms with van der Waals surface area (Å²) in [6.45, 7) is 20.5. The van der Waals surface area contributed by atoms with Crippen molar-refractivity contribution in [2.45, 2.75) is 212 Å². The van der Waals surface area contributed by atoms with Crippen LogP contribution in [0.25, 0.3) is 0 Å². The van der Waals surface area contributed by atoms with Crippen LogP contribution in [-0.2, 0) is 33.2 Å². The fourth-order valence-electron chi connectivity index (χ4n) is 14.0. The first kappa shape index (κ1) is 43.1. The summed E-state index contributed by atoms with van der Waals surface area (Å²) in [4.78, 5) is 11.4. The number of aliphatic hydroxyl groups is 6. The first-order valence-electron chi connectivity index (χ1n) is 21.4. The molecule has 13 heteroatoms. The van der Waals surface area contributed by atoms with E-state index in [-0.39, 0.29) is 70.3 Å². The number of ether oxygens (including phenoxy) is 6. The maximum Gasteiger partial charge on any atom is 0.302 e. The van der Waals surface area contributed by atoms with Gasteiger partial charge in [0.2, 0.25) is 0 Å². The molecule has 13 nitrogen and oxygen atoms in total. The van der Waals surface area contributed by atoms with E-state index in [2.05, 4.69) is 41.5 Å². The molecule has 4 saturated carbocycles. The second-order valence-electron chi connectivity index (χ2n) is 21.2. The lowest BCUT2D eigenvalue weighted by atomic mass is 9.35. The highest BCUT2D eigenvalue weighted by molar-refractivity contribution is 5.65. The molecule has 0 radical (unpaired) electrons. The molecule has 3 saturated heterocycles. The second-order valence-corrected chi connectivity index (χ2v) is 21.2. The number of rotatable bonds is 8. The molecule has 0 unspecified atom stereocenters. The van der Waals surface area contributed by atoms with E-state index in [4.69, 9.17) is 28.4 Å². The minimum absolute atomic E-state index is 0.0459. The Kier molecular flexibility index (Phi) is 11.2. The number of carbonyl (C=O) groups is 1. The molecule has 0 aromatic carbocycles. The molecule has 3 heterocycles. The molecule has 0 amide bonds. The van der Waals surface area contributed by atoms with E-state index < -0.39 is 72.5 Å². The smallest absolute Gasteiger partial charge is 0.302 e. The molecule has 0 bridgehead atoms. The van der Waals surface area contributed by atoms with Gasteiger partial charge >= 0.3 is 5.97 Å². The number of hydrogen-bond donors (Lipinski definition) is 6. The minimum Gasteiger partial charge on any atom is -0.463 e. The van der Waals surface area contributed by atoms with Gasteiger partial charge in [-0.15, -0.1) is 0 Å². The highest BCUT2D eigenvalue weighted by Gasteiger charge is 2.73. The van der Waals surface area contributed by atoms with Gasteiger partial charge in [0.25, 0.3) is 0 Å². The summed E-state index contributed by atoms with van der Waals surface area (Å²) in [5, 5.41) is 65.3. The SMILES string of the molecule is CC(=O)OC[C@@H]1O[C@@H](O[C@@H]2CC[C@]3(C)[C@@H](CC[C@@]4(C)[C@H]3C[C@@H](O[C@@H]3O[C@H](C)[C@@H](O)[C@@H](O)[C@H]3O)[C@H]3[C@H]([C@]5(C)CC[C@H](C(C)(C)O)O5)CC[C@]34C)C2(C)C)[C@H](O)[C@@H]1O. The van der Waals surface area contributed by atoms with Gasteiger partial charge in [-0.05, 0) is 131 Å². The lowest BCUT2D eigenvalue weighted by Gasteiger charge is -2.71. The lowest BCUT2D eigenvalue weighted by Crippen LogP contribution is -2.68. The van der Waals surface area contributed by atoms with Gasteiger partial charge in [-0.2, -0.15) is 0 Å². The van der Waals surface area contributed by atoms with Gasteiger partial charge < -0.3 is 59.1 Å². The van der Waals surface area contributed by atoms with Crippen LogP contribution >= 0.6 is 0 Å². The van der Waals surface area contributed by atoms with Crippen molar-refractivity contribution in [3.63, 3.8) is 0 Å². The monoisotopic (exact) mass is 796 g/mol. The van der Waals surface area contributed by atoms with Crippen molar-refractivity contribution < 1.29 is 63.9 Å². The highest BCUT2D eigenvalue weighted by atomic mass is 16.7. The largest absolute Gasteiger partial charge is 0.463 e. The quantitative estimate of drug-likeness (QED) is 0.154.